The molecule has 1 aromatic heterocycles. The van der Waals surface area contributed by atoms with Gasteiger partial charge in [0.2, 0.25) is 0 Å². The smallest absolute Gasteiger partial charge is 0.158 e. The molecular weight excluding hydrogens is 202 g/mol. The van der Waals surface area contributed by atoms with Crippen molar-refractivity contribution in [2.75, 3.05) is 0 Å². The van der Waals surface area contributed by atoms with Crippen LogP contribution >= 0.6 is 0 Å². The number of rotatable bonds is 2. The molecule has 0 radical (unpaired) electrons. The third-order valence-electron chi connectivity index (χ3n) is 2.40. The number of aryl methyl sites for hydroxylation is 1. The van der Waals surface area contributed by atoms with E-state index in [-0.39, 0.29) is 5.75 Å². The molecular formula is C12H15N3O. The fourth-order valence-electron chi connectivity index (χ4n) is 1.55. The lowest BCUT2D eigenvalue weighted by Crippen LogP contribution is -1.95. The van der Waals surface area contributed by atoms with Gasteiger partial charge in [0.15, 0.2) is 11.6 Å². The summed E-state index contributed by atoms with van der Waals surface area (Å²) in [5.41, 5.74) is 0.877. The molecule has 1 N–H and O–H groups in total. The minimum absolute atomic E-state index is 0.242. The Hall–Kier alpha value is -1.84. The number of phenols is 1. The van der Waals surface area contributed by atoms with Gasteiger partial charge in [-0.05, 0) is 12.1 Å². The molecule has 16 heavy (non-hydrogen) atoms. The maximum atomic E-state index is 9.42. The van der Waals surface area contributed by atoms with Crippen molar-refractivity contribution >= 4 is 0 Å². The molecule has 0 unspecified atom stereocenters. The molecule has 0 aliphatic rings. The minimum atomic E-state index is 0.242. The van der Waals surface area contributed by atoms with E-state index in [1.165, 1.54) is 0 Å². The van der Waals surface area contributed by atoms with Crippen LogP contribution in [-0.4, -0.2) is 19.9 Å². The van der Waals surface area contributed by atoms with Gasteiger partial charge in [-0.3, -0.25) is 0 Å². The fraction of sp³-hybridized carbons (Fsp3) is 0.333. The highest BCUT2D eigenvalue weighted by Gasteiger charge is 2.11. The van der Waals surface area contributed by atoms with Gasteiger partial charge < -0.3 is 5.11 Å². The predicted molar refractivity (Wildman–Crippen MR) is 62.2 cm³/mol. The largest absolute Gasteiger partial charge is 0.508 e. The Morgan fingerprint density at radius 3 is 2.62 bits per heavy atom. The first-order valence-electron chi connectivity index (χ1n) is 5.28. The molecule has 0 atom stereocenters. The standard InChI is InChI=1S/C12H15N3O/c1-8(2)11-13-12(15(3)14-11)9-5-4-6-10(16)7-9/h4-8,16H,1-3H3. The highest BCUT2D eigenvalue weighted by atomic mass is 16.3. The Balaban J connectivity index is 2.48. The number of hydrogen-bond acceptors (Lipinski definition) is 3. The van der Waals surface area contributed by atoms with E-state index in [1.54, 1.807) is 22.9 Å². The number of hydrogen-bond donors (Lipinski definition) is 1. The Bertz CT molecular complexity index is 503. The van der Waals surface area contributed by atoms with Crippen LogP contribution in [0.2, 0.25) is 0 Å². The zero-order valence-electron chi connectivity index (χ0n) is 9.68. The Morgan fingerprint density at radius 1 is 1.31 bits per heavy atom. The first kappa shape index (κ1) is 10.7. The van der Waals surface area contributed by atoms with Gasteiger partial charge in [-0.2, -0.15) is 5.10 Å². The van der Waals surface area contributed by atoms with E-state index in [9.17, 15) is 5.11 Å². The topological polar surface area (TPSA) is 50.9 Å². The molecule has 4 heteroatoms. The van der Waals surface area contributed by atoms with E-state index in [0.29, 0.717) is 5.92 Å². The Morgan fingerprint density at radius 2 is 2.06 bits per heavy atom. The van der Waals surface area contributed by atoms with Crippen LogP contribution in [0.15, 0.2) is 24.3 Å². The van der Waals surface area contributed by atoms with Crippen LogP contribution in [0, 0.1) is 0 Å². The normalized spacial score (nSPS) is 11.0. The maximum absolute atomic E-state index is 9.42. The van der Waals surface area contributed by atoms with Crippen LogP contribution in [0.25, 0.3) is 11.4 Å². The van der Waals surface area contributed by atoms with Gasteiger partial charge in [0.1, 0.15) is 5.75 Å². The summed E-state index contributed by atoms with van der Waals surface area (Å²) in [5.74, 6) is 2.14. The second-order valence-electron chi connectivity index (χ2n) is 4.12. The van der Waals surface area contributed by atoms with Gasteiger partial charge in [0, 0.05) is 18.5 Å². The fourth-order valence-corrected chi connectivity index (χ4v) is 1.55. The van der Waals surface area contributed by atoms with Crippen LogP contribution in [0.3, 0.4) is 0 Å². The lowest BCUT2D eigenvalue weighted by atomic mass is 10.2. The van der Waals surface area contributed by atoms with Crippen LogP contribution in [0.4, 0.5) is 0 Å². The van der Waals surface area contributed by atoms with E-state index >= 15 is 0 Å². The zero-order chi connectivity index (χ0) is 11.7. The van der Waals surface area contributed by atoms with Crippen LogP contribution in [0.5, 0.6) is 5.75 Å². The number of aromatic hydroxyl groups is 1. The molecule has 0 aliphatic heterocycles. The van der Waals surface area contributed by atoms with Crippen molar-refractivity contribution in [3.63, 3.8) is 0 Å². The summed E-state index contributed by atoms with van der Waals surface area (Å²) in [5, 5.41) is 13.8. The Kier molecular flexibility index (Phi) is 2.64. The van der Waals surface area contributed by atoms with Gasteiger partial charge >= 0.3 is 0 Å². The van der Waals surface area contributed by atoms with Crippen LogP contribution in [-0.2, 0) is 7.05 Å². The van der Waals surface area contributed by atoms with E-state index in [2.05, 4.69) is 23.9 Å². The zero-order valence-corrected chi connectivity index (χ0v) is 9.68. The molecule has 1 heterocycles. The average Bonchev–Trinajstić information content (AvgIpc) is 2.60. The molecule has 1 aromatic carbocycles. The van der Waals surface area contributed by atoms with Crippen molar-refractivity contribution in [3.8, 4) is 17.1 Å². The summed E-state index contributed by atoms with van der Waals surface area (Å²) in [6.07, 6.45) is 0. The molecule has 0 spiro atoms. The van der Waals surface area contributed by atoms with E-state index in [4.69, 9.17) is 0 Å². The van der Waals surface area contributed by atoms with Gasteiger partial charge in [-0.1, -0.05) is 26.0 Å². The average molecular weight is 217 g/mol. The summed E-state index contributed by atoms with van der Waals surface area (Å²) >= 11 is 0. The molecule has 0 saturated heterocycles. The molecule has 2 aromatic rings. The molecule has 2 rings (SSSR count). The summed E-state index contributed by atoms with van der Waals surface area (Å²) < 4.78 is 1.74. The van der Waals surface area contributed by atoms with Crippen molar-refractivity contribution in [2.24, 2.45) is 7.05 Å². The summed E-state index contributed by atoms with van der Waals surface area (Å²) in [7, 11) is 1.86. The van der Waals surface area contributed by atoms with Gasteiger partial charge in [0.05, 0.1) is 0 Å². The molecule has 0 aliphatic carbocycles. The number of benzene rings is 1. The maximum Gasteiger partial charge on any atom is 0.158 e. The van der Waals surface area contributed by atoms with E-state index in [1.807, 2.05) is 13.1 Å². The van der Waals surface area contributed by atoms with Gasteiger partial charge in [0.25, 0.3) is 0 Å². The second-order valence-corrected chi connectivity index (χ2v) is 4.12. The third-order valence-corrected chi connectivity index (χ3v) is 2.40. The number of nitrogens with zero attached hydrogens (tertiary/aromatic N) is 3. The predicted octanol–water partition coefficient (Wildman–Crippen LogP) is 2.31. The summed E-state index contributed by atoms with van der Waals surface area (Å²) in [6.45, 7) is 4.11. The van der Waals surface area contributed by atoms with Crippen LogP contribution < -0.4 is 0 Å². The SMILES string of the molecule is CC(C)c1nc(-c2cccc(O)c2)n(C)n1. The van der Waals surface area contributed by atoms with Crippen molar-refractivity contribution in [3.05, 3.63) is 30.1 Å². The second kappa shape index (κ2) is 3.96. The first-order valence-corrected chi connectivity index (χ1v) is 5.28. The van der Waals surface area contributed by atoms with Crippen molar-refractivity contribution in [2.45, 2.75) is 19.8 Å². The van der Waals surface area contributed by atoms with Gasteiger partial charge in [-0.25, -0.2) is 9.67 Å². The summed E-state index contributed by atoms with van der Waals surface area (Å²) in [4.78, 5) is 4.46. The Labute approximate surface area is 94.6 Å². The van der Waals surface area contributed by atoms with E-state index in [0.717, 1.165) is 17.2 Å². The third kappa shape index (κ3) is 1.91. The van der Waals surface area contributed by atoms with Crippen molar-refractivity contribution in [1.82, 2.24) is 14.8 Å². The lowest BCUT2D eigenvalue weighted by molar-refractivity contribution is 0.475. The quantitative estimate of drug-likeness (QED) is 0.839. The van der Waals surface area contributed by atoms with E-state index < -0.39 is 0 Å². The number of aromatic nitrogens is 3. The molecule has 0 amide bonds. The monoisotopic (exact) mass is 217 g/mol. The molecule has 0 fully saturated rings. The summed E-state index contributed by atoms with van der Waals surface area (Å²) in [6, 6.07) is 7.04. The van der Waals surface area contributed by atoms with Crippen LogP contribution in [0.1, 0.15) is 25.6 Å². The molecule has 0 bridgehead atoms. The molecule has 4 nitrogen and oxygen atoms in total. The number of phenolic OH excluding ortho intramolecular Hbond substituents is 1. The highest BCUT2D eigenvalue weighted by molar-refractivity contribution is 5.57. The highest BCUT2D eigenvalue weighted by Crippen LogP contribution is 2.22. The van der Waals surface area contributed by atoms with Crippen molar-refractivity contribution in [1.29, 1.82) is 0 Å². The first-order chi connectivity index (χ1) is 7.58. The van der Waals surface area contributed by atoms with Crippen molar-refractivity contribution < 1.29 is 5.11 Å². The molecule has 84 valence electrons. The molecule has 0 saturated carbocycles. The minimum Gasteiger partial charge on any atom is -0.508 e. The van der Waals surface area contributed by atoms with Gasteiger partial charge in [-0.15, -0.1) is 0 Å². The lowest BCUT2D eigenvalue weighted by Gasteiger charge is -1.99.